The summed E-state index contributed by atoms with van der Waals surface area (Å²) < 4.78 is 10.7. The molecule has 0 aliphatic carbocycles. The molecule has 0 bridgehead atoms. The second kappa shape index (κ2) is 5.93. The molecule has 1 aromatic carbocycles. The zero-order chi connectivity index (χ0) is 14.8. The van der Waals surface area contributed by atoms with E-state index in [1.54, 1.807) is 0 Å². The van der Waals surface area contributed by atoms with Gasteiger partial charge in [0.05, 0.1) is 0 Å². The SMILES string of the molecule is CCC1CCN(Cc2ccc3c(c2)OCO3)C(C(=O)O)C1. The van der Waals surface area contributed by atoms with Gasteiger partial charge in [0.2, 0.25) is 6.79 Å². The van der Waals surface area contributed by atoms with Crippen molar-refractivity contribution in [3.05, 3.63) is 23.8 Å². The van der Waals surface area contributed by atoms with Crippen LogP contribution in [0.5, 0.6) is 11.5 Å². The topological polar surface area (TPSA) is 59.0 Å². The van der Waals surface area contributed by atoms with E-state index in [4.69, 9.17) is 9.47 Å². The molecule has 0 spiro atoms. The molecule has 0 radical (unpaired) electrons. The largest absolute Gasteiger partial charge is 0.480 e. The summed E-state index contributed by atoms with van der Waals surface area (Å²) in [6.45, 7) is 3.88. The predicted octanol–water partition coefficient (Wildman–Crippen LogP) is 2.49. The second-order valence-corrected chi connectivity index (χ2v) is 5.81. The summed E-state index contributed by atoms with van der Waals surface area (Å²) in [5.41, 5.74) is 1.07. The van der Waals surface area contributed by atoms with Gasteiger partial charge in [-0.25, -0.2) is 0 Å². The van der Waals surface area contributed by atoms with Crippen molar-refractivity contribution in [3.63, 3.8) is 0 Å². The first-order valence-corrected chi connectivity index (χ1v) is 7.52. The molecular weight excluding hydrogens is 270 g/mol. The lowest BCUT2D eigenvalue weighted by Gasteiger charge is -2.37. The smallest absolute Gasteiger partial charge is 0.320 e. The summed E-state index contributed by atoms with van der Waals surface area (Å²) in [7, 11) is 0. The average Bonchev–Trinajstić information content (AvgIpc) is 2.95. The Morgan fingerprint density at radius 2 is 2.19 bits per heavy atom. The number of hydrogen-bond donors (Lipinski definition) is 1. The van der Waals surface area contributed by atoms with E-state index in [9.17, 15) is 9.90 Å². The van der Waals surface area contributed by atoms with Crippen molar-refractivity contribution in [1.82, 2.24) is 4.90 Å². The first-order chi connectivity index (χ1) is 10.2. The maximum atomic E-state index is 11.5. The van der Waals surface area contributed by atoms with Crippen LogP contribution in [0.25, 0.3) is 0 Å². The number of likely N-dealkylation sites (tertiary alicyclic amines) is 1. The molecule has 1 fully saturated rings. The Morgan fingerprint density at radius 1 is 1.38 bits per heavy atom. The predicted molar refractivity (Wildman–Crippen MR) is 77.4 cm³/mol. The minimum atomic E-state index is -0.714. The van der Waals surface area contributed by atoms with Crippen LogP contribution >= 0.6 is 0 Å². The monoisotopic (exact) mass is 291 g/mol. The van der Waals surface area contributed by atoms with E-state index in [1.807, 2.05) is 18.2 Å². The number of piperidine rings is 1. The van der Waals surface area contributed by atoms with Crippen molar-refractivity contribution in [2.24, 2.45) is 5.92 Å². The van der Waals surface area contributed by atoms with E-state index in [1.165, 1.54) is 0 Å². The van der Waals surface area contributed by atoms with E-state index in [0.29, 0.717) is 12.5 Å². The van der Waals surface area contributed by atoms with Gasteiger partial charge in [-0.2, -0.15) is 0 Å². The average molecular weight is 291 g/mol. The van der Waals surface area contributed by atoms with Gasteiger partial charge in [-0.3, -0.25) is 9.69 Å². The molecule has 21 heavy (non-hydrogen) atoms. The van der Waals surface area contributed by atoms with Crippen molar-refractivity contribution in [2.75, 3.05) is 13.3 Å². The Hall–Kier alpha value is -1.75. The lowest BCUT2D eigenvalue weighted by molar-refractivity contribution is -0.145. The molecule has 2 unspecified atom stereocenters. The minimum Gasteiger partial charge on any atom is -0.480 e. The quantitative estimate of drug-likeness (QED) is 0.923. The Kier molecular flexibility index (Phi) is 4.01. The van der Waals surface area contributed by atoms with Crippen molar-refractivity contribution in [3.8, 4) is 11.5 Å². The fourth-order valence-electron chi connectivity index (χ4n) is 3.18. The molecule has 114 valence electrons. The molecule has 2 heterocycles. The van der Waals surface area contributed by atoms with Crippen LogP contribution in [0.3, 0.4) is 0 Å². The summed E-state index contributed by atoms with van der Waals surface area (Å²) >= 11 is 0. The molecule has 5 heteroatoms. The van der Waals surface area contributed by atoms with Crippen LogP contribution in [0.1, 0.15) is 31.7 Å². The third-order valence-electron chi connectivity index (χ3n) is 4.51. The highest BCUT2D eigenvalue weighted by Crippen LogP contribution is 2.34. The third kappa shape index (κ3) is 2.97. The lowest BCUT2D eigenvalue weighted by atomic mass is 9.88. The Bertz CT molecular complexity index is 531. The molecule has 0 aromatic heterocycles. The number of carboxylic acid groups (broad SMARTS) is 1. The highest BCUT2D eigenvalue weighted by atomic mass is 16.7. The molecule has 2 aliphatic heterocycles. The van der Waals surface area contributed by atoms with Crippen molar-refractivity contribution in [1.29, 1.82) is 0 Å². The molecule has 0 amide bonds. The Balaban J connectivity index is 1.72. The van der Waals surface area contributed by atoms with Crippen LogP contribution in [0.15, 0.2) is 18.2 Å². The molecule has 1 saturated heterocycles. The molecule has 3 rings (SSSR count). The van der Waals surface area contributed by atoms with E-state index in [-0.39, 0.29) is 12.8 Å². The van der Waals surface area contributed by atoms with Crippen LogP contribution < -0.4 is 9.47 Å². The van der Waals surface area contributed by atoms with Crippen LogP contribution in [0.4, 0.5) is 0 Å². The fourth-order valence-corrected chi connectivity index (χ4v) is 3.18. The van der Waals surface area contributed by atoms with Crippen LogP contribution in [-0.2, 0) is 11.3 Å². The highest BCUT2D eigenvalue weighted by molar-refractivity contribution is 5.73. The van der Waals surface area contributed by atoms with Crippen LogP contribution in [0, 0.1) is 5.92 Å². The summed E-state index contributed by atoms with van der Waals surface area (Å²) in [6, 6.07) is 5.45. The molecule has 1 N–H and O–H groups in total. The van der Waals surface area contributed by atoms with Gasteiger partial charge in [0.1, 0.15) is 6.04 Å². The number of nitrogens with zero attached hydrogens (tertiary/aromatic N) is 1. The first-order valence-electron chi connectivity index (χ1n) is 7.52. The molecule has 2 atom stereocenters. The van der Waals surface area contributed by atoms with Crippen molar-refractivity contribution < 1.29 is 19.4 Å². The normalized spacial score (nSPS) is 25.0. The van der Waals surface area contributed by atoms with E-state index >= 15 is 0 Å². The lowest BCUT2D eigenvalue weighted by Crippen LogP contribution is -2.46. The Morgan fingerprint density at radius 3 is 2.95 bits per heavy atom. The molecule has 2 aliphatic rings. The summed E-state index contributed by atoms with van der Waals surface area (Å²) in [5, 5.41) is 9.47. The van der Waals surface area contributed by atoms with Gasteiger partial charge in [-0.1, -0.05) is 19.4 Å². The summed E-state index contributed by atoms with van der Waals surface area (Å²) in [4.78, 5) is 13.6. The highest BCUT2D eigenvalue weighted by Gasteiger charge is 2.32. The number of aliphatic carboxylic acids is 1. The molecule has 0 saturated carbocycles. The zero-order valence-corrected chi connectivity index (χ0v) is 12.2. The maximum absolute atomic E-state index is 11.5. The van der Waals surface area contributed by atoms with Crippen molar-refractivity contribution >= 4 is 5.97 Å². The maximum Gasteiger partial charge on any atom is 0.320 e. The number of ether oxygens (including phenoxy) is 2. The minimum absolute atomic E-state index is 0.262. The van der Waals surface area contributed by atoms with Gasteiger partial charge >= 0.3 is 5.97 Å². The van der Waals surface area contributed by atoms with Crippen LogP contribution in [0.2, 0.25) is 0 Å². The first kappa shape index (κ1) is 14.2. The number of rotatable bonds is 4. The van der Waals surface area contributed by atoms with E-state index in [0.717, 1.165) is 42.9 Å². The number of hydrogen-bond acceptors (Lipinski definition) is 4. The van der Waals surface area contributed by atoms with Gasteiger partial charge in [0.15, 0.2) is 11.5 Å². The van der Waals surface area contributed by atoms with Gasteiger partial charge in [0, 0.05) is 6.54 Å². The van der Waals surface area contributed by atoms with Gasteiger partial charge in [-0.05, 0) is 43.0 Å². The summed E-state index contributed by atoms with van der Waals surface area (Å²) in [6.07, 6.45) is 2.88. The third-order valence-corrected chi connectivity index (χ3v) is 4.51. The summed E-state index contributed by atoms with van der Waals surface area (Å²) in [5.74, 6) is 1.33. The number of carbonyl (C=O) groups is 1. The van der Waals surface area contributed by atoms with E-state index < -0.39 is 5.97 Å². The molecule has 5 nitrogen and oxygen atoms in total. The van der Waals surface area contributed by atoms with Gasteiger partial charge < -0.3 is 14.6 Å². The standard InChI is InChI=1S/C16H21NO4/c1-2-11-5-6-17(13(7-11)16(18)19)9-12-3-4-14-15(8-12)21-10-20-14/h3-4,8,11,13H,2,5-7,9-10H2,1H3,(H,18,19). The molecule has 1 aromatic rings. The Labute approximate surface area is 124 Å². The number of fused-ring (bicyclic) bond motifs is 1. The number of benzene rings is 1. The van der Waals surface area contributed by atoms with Crippen LogP contribution in [-0.4, -0.2) is 35.4 Å². The van der Waals surface area contributed by atoms with Gasteiger partial charge in [-0.15, -0.1) is 0 Å². The number of carboxylic acids is 1. The van der Waals surface area contributed by atoms with Crippen molar-refractivity contribution in [2.45, 2.75) is 38.8 Å². The second-order valence-electron chi connectivity index (χ2n) is 5.81. The zero-order valence-electron chi connectivity index (χ0n) is 12.2. The molecular formula is C16H21NO4. The van der Waals surface area contributed by atoms with Gasteiger partial charge in [0.25, 0.3) is 0 Å². The fraction of sp³-hybridized carbons (Fsp3) is 0.562. The van der Waals surface area contributed by atoms with E-state index in [2.05, 4.69) is 11.8 Å².